The molecule has 3 fully saturated rings. The number of rotatable bonds is 7. The Labute approximate surface area is 271 Å². The summed E-state index contributed by atoms with van der Waals surface area (Å²) in [5.74, 6) is -0.726. The number of imide groups is 1. The SMILES string of the molecule is COc1ccc(N2C(=O)C3C(C2=O)[C@@H]2C[C@H]3C3Sc4[nH]c(=O)sc4[C@H](c4ccc(OCC(=O)Nc5ccc(F)cc5)cc4)C32)cc1. The van der Waals surface area contributed by atoms with Gasteiger partial charge in [0.25, 0.3) is 5.91 Å². The van der Waals surface area contributed by atoms with Crippen LogP contribution in [0.5, 0.6) is 11.5 Å². The fourth-order valence-corrected chi connectivity index (χ4v) is 10.9. The number of hydrogen-bond acceptors (Lipinski definition) is 8. The molecule has 2 aliphatic carbocycles. The highest BCUT2D eigenvalue weighted by Crippen LogP contribution is 2.68. The topological polar surface area (TPSA) is 118 Å². The third kappa shape index (κ3) is 4.65. The molecule has 4 unspecified atom stereocenters. The van der Waals surface area contributed by atoms with Crippen molar-refractivity contribution < 1.29 is 28.2 Å². The standard InChI is InChI=1S/C34H28FN3O6S2/c1-43-20-12-8-19(9-13-20)38-32(40)27-22-14-23(28(27)33(38)41)29-26(22)25(30-31(45-29)37-34(42)46-30)16-2-10-21(11-3-16)44-15-24(39)36-18-6-4-17(35)5-7-18/h2-13,22-23,25-29H,14-15H2,1H3,(H,36,39)(H,37,42)/t22-,23-,25-,26?,27?,28?,29?/m1/s1. The summed E-state index contributed by atoms with van der Waals surface area (Å²) in [6.45, 7) is -0.223. The van der Waals surface area contributed by atoms with Crippen molar-refractivity contribution in [2.45, 2.75) is 22.6 Å². The molecule has 2 bridgehead atoms. The number of nitrogens with one attached hydrogen (secondary N) is 2. The van der Waals surface area contributed by atoms with Crippen LogP contribution in [0.25, 0.3) is 0 Å². The van der Waals surface area contributed by atoms with E-state index in [1.165, 1.54) is 40.5 Å². The lowest BCUT2D eigenvalue weighted by Gasteiger charge is -2.43. The summed E-state index contributed by atoms with van der Waals surface area (Å²) in [4.78, 5) is 58.0. The van der Waals surface area contributed by atoms with Crippen molar-refractivity contribution in [1.82, 2.24) is 4.98 Å². The molecule has 3 heterocycles. The van der Waals surface area contributed by atoms with E-state index in [2.05, 4.69) is 10.3 Å². The molecule has 7 atom stereocenters. The van der Waals surface area contributed by atoms with Gasteiger partial charge in [-0.15, -0.1) is 11.8 Å². The molecule has 3 amide bonds. The number of thioether (sulfide) groups is 1. The fraction of sp³-hybridized carbons (Fsp3) is 0.294. The van der Waals surface area contributed by atoms with E-state index in [4.69, 9.17) is 9.47 Å². The Morgan fingerprint density at radius 1 is 0.935 bits per heavy atom. The molecule has 0 radical (unpaired) electrons. The summed E-state index contributed by atoms with van der Waals surface area (Å²) in [7, 11) is 1.57. The third-order valence-corrected chi connectivity index (χ3v) is 12.4. The van der Waals surface area contributed by atoms with Gasteiger partial charge in [0, 0.05) is 21.7 Å². The van der Waals surface area contributed by atoms with Crippen LogP contribution in [0.2, 0.25) is 0 Å². The molecule has 1 aromatic heterocycles. The number of thiazole rings is 1. The molecule has 8 rings (SSSR count). The van der Waals surface area contributed by atoms with Crippen molar-refractivity contribution in [3.8, 4) is 11.5 Å². The van der Waals surface area contributed by atoms with Gasteiger partial charge < -0.3 is 19.8 Å². The third-order valence-electron chi connectivity index (χ3n) is 9.79. The number of halogens is 1. The Bertz CT molecular complexity index is 1910. The summed E-state index contributed by atoms with van der Waals surface area (Å²) >= 11 is 2.85. The Morgan fingerprint density at radius 2 is 1.61 bits per heavy atom. The minimum absolute atomic E-state index is 0.00589. The second kappa shape index (κ2) is 11.1. The maximum Gasteiger partial charge on any atom is 0.305 e. The average Bonchev–Trinajstić information content (AvgIpc) is 3.80. The monoisotopic (exact) mass is 657 g/mol. The van der Waals surface area contributed by atoms with Gasteiger partial charge >= 0.3 is 4.87 Å². The highest BCUT2D eigenvalue weighted by molar-refractivity contribution is 8.00. The number of ether oxygens (including phenoxy) is 2. The molecule has 2 saturated carbocycles. The molecule has 12 heteroatoms. The second-order valence-corrected chi connectivity index (χ2v) is 14.3. The highest BCUT2D eigenvalue weighted by Gasteiger charge is 2.69. The van der Waals surface area contributed by atoms with E-state index in [-0.39, 0.29) is 69.9 Å². The summed E-state index contributed by atoms with van der Waals surface area (Å²) in [6.07, 6.45) is 0.797. The first-order valence-electron chi connectivity index (χ1n) is 15.0. The van der Waals surface area contributed by atoms with Crippen LogP contribution in [0.15, 0.2) is 82.6 Å². The van der Waals surface area contributed by atoms with Crippen molar-refractivity contribution in [2.24, 2.45) is 29.6 Å². The van der Waals surface area contributed by atoms with Crippen LogP contribution in [0, 0.1) is 35.4 Å². The number of benzene rings is 3. The molecule has 3 aromatic carbocycles. The van der Waals surface area contributed by atoms with Gasteiger partial charge in [-0.3, -0.25) is 24.1 Å². The minimum Gasteiger partial charge on any atom is -0.497 e. The number of aromatic nitrogens is 1. The Hall–Kier alpha value is -4.42. The molecular formula is C34H28FN3O6S2. The van der Waals surface area contributed by atoms with Crippen LogP contribution in [-0.2, 0) is 14.4 Å². The summed E-state index contributed by atoms with van der Waals surface area (Å²) in [5.41, 5.74) is 2.02. The van der Waals surface area contributed by atoms with Gasteiger partial charge in [-0.1, -0.05) is 23.5 Å². The quantitative estimate of drug-likeness (QED) is 0.260. The second-order valence-electron chi connectivity index (χ2n) is 12.1. The van der Waals surface area contributed by atoms with Gasteiger partial charge in [-0.25, -0.2) is 4.39 Å². The Kier molecular flexibility index (Phi) is 7.02. The van der Waals surface area contributed by atoms with Crippen molar-refractivity contribution in [3.05, 3.63) is 98.7 Å². The zero-order chi connectivity index (χ0) is 31.7. The maximum atomic E-state index is 14.0. The number of nitrogens with zero attached hydrogens (tertiary/aromatic N) is 1. The van der Waals surface area contributed by atoms with E-state index in [1.54, 1.807) is 55.3 Å². The van der Waals surface area contributed by atoms with E-state index in [0.29, 0.717) is 22.9 Å². The van der Waals surface area contributed by atoms with Crippen LogP contribution in [0.3, 0.4) is 0 Å². The van der Waals surface area contributed by atoms with E-state index in [9.17, 15) is 23.6 Å². The van der Waals surface area contributed by atoms with Gasteiger partial charge in [-0.05, 0) is 90.4 Å². The van der Waals surface area contributed by atoms with E-state index < -0.39 is 5.92 Å². The van der Waals surface area contributed by atoms with Crippen molar-refractivity contribution >= 4 is 52.2 Å². The van der Waals surface area contributed by atoms with Gasteiger partial charge in [0.05, 0.1) is 29.7 Å². The number of fused-ring (bicyclic) bond motifs is 9. The maximum absolute atomic E-state index is 14.0. The zero-order valence-corrected chi connectivity index (χ0v) is 26.1. The average molecular weight is 658 g/mol. The van der Waals surface area contributed by atoms with Crippen molar-refractivity contribution in [3.63, 3.8) is 0 Å². The van der Waals surface area contributed by atoms with E-state index in [1.807, 2.05) is 12.1 Å². The van der Waals surface area contributed by atoms with Gasteiger partial charge in [-0.2, -0.15) is 0 Å². The molecule has 4 aliphatic rings. The first-order valence-corrected chi connectivity index (χ1v) is 16.7. The van der Waals surface area contributed by atoms with Gasteiger partial charge in [0.15, 0.2) is 6.61 Å². The van der Waals surface area contributed by atoms with E-state index in [0.717, 1.165) is 21.9 Å². The lowest BCUT2D eigenvalue weighted by Crippen LogP contribution is -2.42. The molecule has 0 spiro atoms. The van der Waals surface area contributed by atoms with Gasteiger partial charge in [0.2, 0.25) is 11.8 Å². The van der Waals surface area contributed by atoms with E-state index >= 15 is 0 Å². The lowest BCUT2D eigenvalue weighted by atomic mass is 9.68. The van der Waals surface area contributed by atoms with Crippen molar-refractivity contribution in [1.29, 1.82) is 0 Å². The predicted molar refractivity (Wildman–Crippen MR) is 171 cm³/mol. The fourth-order valence-electron chi connectivity index (χ4n) is 8.03. The van der Waals surface area contributed by atoms with Crippen LogP contribution >= 0.6 is 23.1 Å². The van der Waals surface area contributed by atoms with Crippen LogP contribution in [-0.4, -0.2) is 41.7 Å². The number of amides is 3. The number of H-pyrrole nitrogens is 1. The number of hydrogen-bond donors (Lipinski definition) is 2. The first kappa shape index (κ1) is 29.0. The molecule has 46 heavy (non-hydrogen) atoms. The Balaban J connectivity index is 1.05. The number of carbonyl (C=O) groups is 3. The normalized spacial score (nSPS) is 27.3. The minimum atomic E-state index is -0.400. The lowest BCUT2D eigenvalue weighted by molar-refractivity contribution is -0.123. The molecule has 2 N–H and O–H groups in total. The van der Waals surface area contributed by atoms with Crippen LogP contribution in [0.4, 0.5) is 15.8 Å². The highest BCUT2D eigenvalue weighted by atomic mass is 32.2. The molecule has 1 saturated heterocycles. The van der Waals surface area contributed by atoms with Gasteiger partial charge in [0.1, 0.15) is 17.3 Å². The molecular weight excluding hydrogens is 630 g/mol. The van der Waals surface area contributed by atoms with Crippen molar-refractivity contribution in [2.75, 3.05) is 23.9 Å². The predicted octanol–water partition coefficient (Wildman–Crippen LogP) is 5.28. The number of anilines is 2. The molecule has 4 aromatic rings. The number of carbonyl (C=O) groups excluding carboxylic acids is 3. The summed E-state index contributed by atoms with van der Waals surface area (Å²) < 4.78 is 24.1. The Morgan fingerprint density at radius 3 is 2.30 bits per heavy atom. The smallest absolute Gasteiger partial charge is 0.305 e. The molecule has 2 aliphatic heterocycles. The molecule has 234 valence electrons. The zero-order valence-electron chi connectivity index (χ0n) is 24.5. The number of methoxy groups -OCH3 is 1. The number of aromatic amines is 1. The largest absolute Gasteiger partial charge is 0.497 e. The van der Waals surface area contributed by atoms with Crippen LogP contribution < -0.4 is 24.6 Å². The summed E-state index contributed by atoms with van der Waals surface area (Å²) in [6, 6.07) is 20.0. The molecule has 9 nitrogen and oxygen atoms in total. The summed E-state index contributed by atoms with van der Waals surface area (Å²) in [5, 5.41) is 3.59. The van der Waals surface area contributed by atoms with Crippen LogP contribution in [0.1, 0.15) is 22.8 Å². The first-order chi connectivity index (χ1) is 22.3.